The highest BCUT2D eigenvalue weighted by Crippen LogP contribution is 2.38. The van der Waals surface area contributed by atoms with Crippen LogP contribution in [-0.4, -0.2) is 11.9 Å². The van der Waals surface area contributed by atoms with Crippen LogP contribution in [0.5, 0.6) is 5.75 Å². The van der Waals surface area contributed by atoms with E-state index in [1.165, 1.54) is 5.56 Å². The molecule has 0 saturated heterocycles. The number of fused-ring (bicyclic) bond motifs is 1. The molecule has 0 saturated carbocycles. The zero-order chi connectivity index (χ0) is 19.1. The normalized spacial score (nSPS) is 16.0. The summed E-state index contributed by atoms with van der Waals surface area (Å²) in [5.74, 6) is 0.772. The highest BCUT2D eigenvalue weighted by atomic mass is 16.5. The van der Waals surface area contributed by atoms with Crippen molar-refractivity contribution < 1.29 is 9.53 Å². The third kappa shape index (κ3) is 3.45. The van der Waals surface area contributed by atoms with Crippen molar-refractivity contribution in [1.29, 1.82) is 0 Å². The fraction of sp³-hybridized carbons (Fsp3) is 0.318. The molecule has 0 bridgehead atoms. The minimum atomic E-state index is -0.142. The fourth-order valence-corrected chi connectivity index (χ4v) is 3.04. The van der Waals surface area contributed by atoms with Crippen molar-refractivity contribution in [3.8, 4) is 5.75 Å². The Bertz CT molecular complexity index is 859. The van der Waals surface area contributed by atoms with Crippen LogP contribution in [0, 0.1) is 0 Å². The van der Waals surface area contributed by atoms with E-state index in [9.17, 15) is 4.79 Å². The molecule has 0 spiro atoms. The van der Waals surface area contributed by atoms with E-state index in [0.29, 0.717) is 17.2 Å². The molecule has 0 atom stereocenters. The van der Waals surface area contributed by atoms with E-state index in [2.05, 4.69) is 32.9 Å². The lowest BCUT2D eigenvalue weighted by Gasteiger charge is -2.33. The van der Waals surface area contributed by atoms with E-state index in [1.807, 2.05) is 32.0 Å². The zero-order valence-electron chi connectivity index (χ0n) is 16.0. The third-order valence-corrected chi connectivity index (χ3v) is 4.48. The molecule has 136 valence electrons. The number of ether oxygens (including phenoxy) is 1. The van der Waals surface area contributed by atoms with Gasteiger partial charge in [-0.2, -0.15) is 0 Å². The lowest BCUT2D eigenvalue weighted by atomic mass is 9.87. The number of benzene rings is 2. The maximum Gasteiger partial charge on any atom is 0.294 e. The van der Waals surface area contributed by atoms with Gasteiger partial charge in [0.2, 0.25) is 0 Å². The Balaban J connectivity index is 2.00. The van der Waals surface area contributed by atoms with Gasteiger partial charge in [0.05, 0.1) is 5.69 Å². The Morgan fingerprint density at radius 2 is 1.73 bits per heavy atom. The molecule has 0 fully saturated rings. The molecule has 2 N–H and O–H groups in total. The average Bonchev–Trinajstić information content (AvgIpc) is 2.55. The smallest absolute Gasteiger partial charge is 0.294 e. The van der Waals surface area contributed by atoms with Crippen LogP contribution in [-0.2, 0) is 10.2 Å². The van der Waals surface area contributed by atoms with Crippen molar-refractivity contribution in [2.45, 2.75) is 46.1 Å². The summed E-state index contributed by atoms with van der Waals surface area (Å²) < 4.78 is 5.90. The summed E-state index contributed by atoms with van der Waals surface area (Å²) in [4.78, 5) is 14.7. The van der Waals surface area contributed by atoms with Crippen molar-refractivity contribution in [3.05, 3.63) is 59.4 Å². The maximum atomic E-state index is 12.9. The van der Waals surface area contributed by atoms with Crippen LogP contribution < -0.4 is 15.4 Å². The number of hydrogen-bond acceptors (Lipinski definition) is 3. The molecule has 1 aliphatic rings. The predicted molar refractivity (Wildman–Crippen MR) is 107 cm³/mol. The molecule has 1 aliphatic heterocycles. The van der Waals surface area contributed by atoms with Crippen LogP contribution in [0.15, 0.2) is 48.2 Å². The summed E-state index contributed by atoms with van der Waals surface area (Å²) >= 11 is 0. The molecule has 4 nitrogen and oxygen atoms in total. The van der Waals surface area contributed by atoms with Gasteiger partial charge in [0.1, 0.15) is 0 Å². The standard InChI is InChI=1S/C22H26N2O2/c1-14(2)24-18-11-10-17(23)13-19(18)26-20(21(24)25)12-15-6-8-16(9-7-15)22(3,4)5/h6-14H,23H2,1-5H3/b20-12+. The summed E-state index contributed by atoms with van der Waals surface area (Å²) in [6, 6.07) is 13.6. The van der Waals surface area contributed by atoms with Crippen LogP contribution in [0.4, 0.5) is 11.4 Å². The fourth-order valence-electron chi connectivity index (χ4n) is 3.04. The first-order chi connectivity index (χ1) is 12.2. The quantitative estimate of drug-likeness (QED) is 0.628. The lowest BCUT2D eigenvalue weighted by molar-refractivity contribution is -0.117. The zero-order valence-corrected chi connectivity index (χ0v) is 16.0. The number of amides is 1. The molecule has 1 heterocycles. The molecule has 3 rings (SSSR count). The summed E-state index contributed by atoms with van der Waals surface area (Å²) in [7, 11) is 0. The molecule has 0 radical (unpaired) electrons. The number of carbonyl (C=O) groups excluding carboxylic acids is 1. The predicted octanol–water partition coefficient (Wildman–Crippen LogP) is 4.74. The lowest BCUT2D eigenvalue weighted by Crippen LogP contribution is -2.42. The second-order valence-corrected chi connectivity index (χ2v) is 7.98. The van der Waals surface area contributed by atoms with Gasteiger partial charge in [0, 0.05) is 17.8 Å². The summed E-state index contributed by atoms with van der Waals surface area (Å²) in [5, 5.41) is 0. The number of rotatable bonds is 2. The largest absolute Gasteiger partial charge is 0.449 e. The van der Waals surface area contributed by atoms with Gasteiger partial charge in [0.25, 0.3) is 5.91 Å². The van der Waals surface area contributed by atoms with Gasteiger partial charge >= 0.3 is 0 Å². The monoisotopic (exact) mass is 350 g/mol. The average molecular weight is 350 g/mol. The van der Waals surface area contributed by atoms with Gasteiger partial charge < -0.3 is 10.5 Å². The van der Waals surface area contributed by atoms with Crippen LogP contribution >= 0.6 is 0 Å². The van der Waals surface area contributed by atoms with Crippen LogP contribution in [0.3, 0.4) is 0 Å². The van der Waals surface area contributed by atoms with Gasteiger partial charge in [-0.15, -0.1) is 0 Å². The molecule has 0 aromatic heterocycles. The number of nitrogen functional groups attached to an aromatic ring is 1. The molecule has 1 amide bonds. The molecule has 2 aromatic rings. The van der Waals surface area contributed by atoms with E-state index >= 15 is 0 Å². The van der Waals surface area contributed by atoms with Crippen molar-refractivity contribution >= 4 is 23.4 Å². The van der Waals surface area contributed by atoms with E-state index in [1.54, 1.807) is 23.1 Å². The first-order valence-corrected chi connectivity index (χ1v) is 8.90. The minimum absolute atomic E-state index is 0.0143. The SMILES string of the molecule is CC(C)N1C(=O)/C(=C\c2ccc(C(C)(C)C)cc2)Oc2cc(N)ccc21. The van der Waals surface area contributed by atoms with Crippen molar-refractivity contribution in [3.63, 3.8) is 0 Å². The third-order valence-electron chi connectivity index (χ3n) is 4.48. The highest BCUT2D eigenvalue weighted by Gasteiger charge is 2.32. The Morgan fingerprint density at radius 3 is 2.31 bits per heavy atom. The molecule has 2 aromatic carbocycles. The Hall–Kier alpha value is -2.75. The first-order valence-electron chi connectivity index (χ1n) is 8.90. The van der Waals surface area contributed by atoms with E-state index in [4.69, 9.17) is 10.5 Å². The van der Waals surface area contributed by atoms with Crippen molar-refractivity contribution in [2.75, 3.05) is 10.6 Å². The Morgan fingerprint density at radius 1 is 1.08 bits per heavy atom. The van der Waals surface area contributed by atoms with Gasteiger partial charge in [-0.05, 0) is 48.6 Å². The molecule has 0 aliphatic carbocycles. The number of anilines is 2. The second kappa shape index (κ2) is 6.52. The molecule has 26 heavy (non-hydrogen) atoms. The molecular weight excluding hydrogens is 324 g/mol. The van der Waals surface area contributed by atoms with Gasteiger partial charge in [-0.3, -0.25) is 9.69 Å². The summed E-state index contributed by atoms with van der Waals surface area (Å²) in [6.07, 6.45) is 1.79. The van der Waals surface area contributed by atoms with E-state index < -0.39 is 0 Å². The number of hydrogen-bond donors (Lipinski definition) is 1. The minimum Gasteiger partial charge on any atom is -0.449 e. The molecular formula is C22H26N2O2. The van der Waals surface area contributed by atoms with Crippen LogP contribution in [0.1, 0.15) is 45.7 Å². The molecule has 0 unspecified atom stereocenters. The van der Waals surface area contributed by atoms with Crippen molar-refractivity contribution in [2.24, 2.45) is 0 Å². The first kappa shape index (κ1) is 18.1. The van der Waals surface area contributed by atoms with Crippen molar-refractivity contribution in [1.82, 2.24) is 0 Å². The number of nitrogens with zero attached hydrogens (tertiary/aromatic N) is 1. The summed E-state index contributed by atoms with van der Waals surface area (Å²) in [5.41, 5.74) is 9.51. The number of carbonyl (C=O) groups is 1. The maximum absolute atomic E-state index is 12.9. The summed E-state index contributed by atoms with van der Waals surface area (Å²) in [6.45, 7) is 10.5. The second-order valence-electron chi connectivity index (χ2n) is 7.98. The number of nitrogens with two attached hydrogens (primary N) is 1. The van der Waals surface area contributed by atoms with E-state index in [0.717, 1.165) is 11.3 Å². The molecule has 4 heteroatoms. The Kier molecular flexibility index (Phi) is 4.53. The topological polar surface area (TPSA) is 55.6 Å². The van der Waals surface area contributed by atoms with E-state index in [-0.39, 0.29) is 17.4 Å². The van der Waals surface area contributed by atoms with Gasteiger partial charge in [-0.1, -0.05) is 45.0 Å². The Labute approximate surface area is 155 Å². The van der Waals surface area contributed by atoms with Gasteiger partial charge in [0.15, 0.2) is 11.5 Å². The van der Waals surface area contributed by atoms with Crippen LogP contribution in [0.25, 0.3) is 6.08 Å². The van der Waals surface area contributed by atoms with Crippen LogP contribution in [0.2, 0.25) is 0 Å². The van der Waals surface area contributed by atoms with Gasteiger partial charge in [-0.25, -0.2) is 0 Å². The highest BCUT2D eigenvalue weighted by molar-refractivity contribution is 6.10.